The Labute approximate surface area is 192 Å². The molecule has 0 bridgehead atoms. The summed E-state index contributed by atoms with van der Waals surface area (Å²) >= 11 is 0. The molecule has 6 nitrogen and oxygen atoms in total. The van der Waals surface area contributed by atoms with E-state index in [1.54, 1.807) is 0 Å². The van der Waals surface area contributed by atoms with Gasteiger partial charge < -0.3 is 20.9 Å². The van der Waals surface area contributed by atoms with E-state index in [4.69, 9.17) is 5.73 Å². The SMILES string of the molecule is CC(=O)Nc1ccc2c(c1)CN(CCN)C(=O)C21CCN(C2CCC(C(C)C)CC2)CC1. The number of nitrogens with two attached hydrogens (primary N) is 1. The maximum atomic E-state index is 13.7. The number of piperidine rings is 1. The third kappa shape index (κ3) is 4.44. The van der Waals surface area contributed by atoms with Gasteiger partial charge >= 0.3 is 0 Å². The zero-order valence-corrected chi connectivity index (χ0v) is 20.0. The highest BCUT2D eigenvalue weighted by Crippen LogP contribution is 2.44. The predicted molar refractivity (Wildman–Crippen MR) is 128 cm³/mol. The Bertz CT molecular complexity index is 836. The lowest BCUT2D eigenvalue weighted by Crippen LogP contribution is -2.57. The molecule has 0 unspecified atom stereocenters. The van der Waals surface area contributed by atoms with E-state index >= 15 is 0 Å². The molecule has 0 radical (unpaired) electrons. The number of nitrogens with one attached hydrogen (secondary N) is 1. The van der Waals surface area contributed by atoms with Crippen LogP contribution in [0.2, 0.25) is 0 Å². The molecule has 32 heavy (non-hydrogen) atoms. The van der Waals surface area contributed by atoms with Gasteiger partial charge in [-0.25, -0.2) is 0 Å². The standard InChI is InChI=1S/C26H40N4O2/c1-18(2)20-4-7-23(8-5-20)29-13-10-26(11-14-29)24-9-6-22(28-19(3)31)16-21(24)17-30(15-12-27)25(26)32/h6,9,16,18,20,23H,4-5,7-8,10-15,17,27H2,1-3H3,(H,28,31). The monoisotopic (exact) mass is 440 g/mol. The number of rotatable bonds is 5. The number of hydrogen-bond donors (Lipinski definition) is 2. The van der Waals surface area contributed by atoms with E-state index in [-0.39, 0.29) is 11.8 Å². The first-order chi connectivity index (χ1) is 15.3. The van der Waals surface area contributed by atoms with Gasteiger partial charge in [0.15, 0.2) is 0 Å². The normalized spacial score (nSPS) is 25.8. The van der Waals surface area contributed by atoms with Crippen molar-refractivity contribution >= 4 is 17.5 Å². The van der Waals surface area contributed by atoms with Gasteiger partial charge in [0.2, 0.25) is 11.8 Å². The predicted octanol–water partition coefficient (Wildman–Crippen LogP) is 3.49. The lowest BCUT2D eigenvalue weighted by Gasteiger charge is -2.49. The zero-order valence-electron chi connectivity index (χ0n) is 20.0. The summed E-state index contributed by atoms with van der Waals surface area (Å²) in [7, 11) is 0. The van der Waals surface area contributed by atoms with E-state index in [1.807, 2.05) is 17.0 Å². The fourth-order valence-corrected chi connectivity index (χ4v) is 6.39. The van der Waals surface area contributed by atoms with Crippen LogP contribution in [0, 0.1) is 11.8 Å². The number of benzene rings is 1. The lowest BCUT2D eigenvalue weighted by molar-refractivity contribution is -0.142. The van der Waals surface area contributed by atoms with E-state index in [1.165, 1.54) is 32.6 Å². The molecule has 1 aliphatic carbocycles. The molecule has 1 aromatic rings. The average Bonchev–Trinajstić information content (AvgIpc) is 2.77. The summed E-state index contributed by atoms with van der Waals surface area (Å²) in [5.41, 5.74) is 8.50. The van der Waals surface area contributed by atoms with Gasteiger partial charge in [-0.1, -0.05) is 19.9 Å². The molecule has 0 atom stereocenters. The number of hydrogen-bond acceptors (Lipinski definition) is 4. The van der Waals surface area contributed by atoms with Crippen molar-refractivity contribution < 1.29 is 9.59 Å². The van der Waals surface area contributed by atoms with Gasteiger partial charge in [-0.3, -0.25) is 9.59 Å². The van der Waals surface area contributed by atoms with Crippen LogP contribution < -0.4 is 11.1 Å². The largest absolute Gasteiger partial charge is 0.336 e. The third-order valence-corrected chi connectivity index (χ3v) is 8.25. The van der Waals surface area contributed by atoms with Crippen molar-refractivity contribution in [3.05, 3.63) is 29.3 Å². The van der Waals surface area contributed by atoms with Crippen molar-refractivity contribution in [3.63, 3.8) is 0 Å². The number of likely N-dealkylation sites (tertiary alicyclic amines) is 1. The highest BCUT2D eigenvalue weighted by molar-refractivity contribution is 5.92. The number of carbonyl (C=O) groups is 2. The molecule has 1 saturated carbocycles. The van der Waals surface area contributed by atoms with Crippen LogP contribution in [0.5, 0.6) is 0 Å². The highest BCUT2D eigenvalue weighted by Gasteiger charge is 2.49. The van der Waals surface area contributed by atoms with Gasteiger partial charge in [-0.05, 0) is 86.7 Å². The second-order valence-electron chi connectivity index (χ2n) is 10.5. The first-order valence-electron chi connectivity index (χ1n) is 12.5. The summed E-state index contributed by atoms with van der Waals surface area (Å²) < 4.78 is 0. The van der Waals surface area contributed by atoms with Crippen molar-refractivity contribution in [2.45, 2.75) is 77.3 Å². The van der Waals surface area contributed by atoms with Gasteiger partial charge in [-0.2, -0.15) is 0 Å². The Hall–Kier alpha value is -1.92. The van der Waals surface area contributed by atoms with E-state index in [0.717, 1.165) is 54.6 Å². The van der Waals surface area contributed by atoms with Crippen LogP contribution in [-0.4, -0.2) is 53.8 Å². The Balaban J connectivity index is 1.53. The maximum Gasteiger partial charge on any atom is 0.233 e. The fourth-order valence-electron chi connectivity index (χ4n) is 6.39. The number of carbonyl (C=O) groups excluding carboxylic acids is 2. The maximum absolute atomic E-state index is 13.7. The molecular weight excluding hydrogens is 400 g/mol. The summed E-state index contributed by atoms with van der Waals surface area (Å²) in [6.07, 6.45) is 6.98. The van der Waals surface area contributed by atoms with E-state index in [9.17, 15) is 9.59 Å². The molecule has 1 saturated heterocycles. The van der Waals surface area contributed by atoms with Crippen LogP contribution in [-0.2, 0) is 21.5 Å². The summed E-state index contributed by atoms with van der Waals surface area (Å²) in [6, 6.07) is 6.76. The second kappa shape index (κ2) is 9.52. The Kier molecular flexibility index (Phi) is 6.91. The second-order valence-corrected chi connectivity index (χ2v) is 10.5. The number of anilines is 1. The van der Waals surface area contributed by atoms with Crippen LogP contribution in [0.4, 0.5) is 5.69 Å². The molecule has 1 spiro atoms. The van der Waals surface area contributed by atoms with Crippen LogP contribution in [0.15, 0.2) is 18.2 Å². The summed E-state index contributed by atoms with van der Waals surface area (Å²) in [5, 5.41) is 2.89. The Morgan fingerprint density at radius 1 is 1.19 bits per heavy atom. The third-order valence-electron chi connectivity index (χ3n) is 8.25. The van der Waals surface area contributed by atoms with Crippen LogP contribution in [0.25, 0.3) is 0 Å². The summed E-state index contributed by atoms with van der Waals surface area (Å²) in [6.45, 7) is 9.80. The number of fused-ring (bicyclic) bond motifs is 2. The van der Waals surface area contributed by atoms with Crippen LogP contribution >= 0.6 is 0 Å². The molecule has 1 aromatic carbocycles. The van der Waals surface area contributed by atoms with Gasteiger partial charge in [0, 0.05) is 38.3 Å². The summed E-state index contributed by atoms with van der Waals surface area (Å²) in [4.78, 5) is 29.8. The quantitative estimate of drug-likeness (QED) is 0.735. The fraction of sp³-hybridized carbons (Fsp3) is 0.692. The smallest absolute Gasteiger partial charge is 0.233 e. The van der Waals surface area contributed by atoms with E-state index in [2.05, 4.69) is 30.1 Å². The van der Waals surface area contributed by atoms with Crippen molar-refractivity contribution in [2.75, 3.05) is 31.5 Å². The lowest BCUT2D eigenvalue weighted by atomic mass is 9.67. The Morgan fingerprint density at radius 2 is 1.88 bits per heavy atom. The average molecular weight is 441 g/mol. The van der Waals surface area contributed by atoms with Crippen molar-refractivity contribution in [1.82, 2.24) is 9.80 Å². The van der Waals surface area contributed by atoms with Crippen LogP contribution in [0.1, 0.15) is 70.4 Å². The molecule has 0 aromatic heterocycles. The molecule has 2 heterocycles. The van der Waals surface area contributed by atoms with Gasteiger partial charge in [0.1, 0.15) is 0 Å². The molecule has 3 N–H and O–H groups in total. The van der Waals surface area contributed by atoms with E-state index in [0.29, 0.717) is 25.7 Å². The van der Waals surface area contributed by atoms with Crippen molar-refractivity contribution in [2.24, 2.45) is 17.6 Å². The molecule has 2 amide bonds. The molecule has 3 aliphatic rings. The molecule has 6 heteroatoms. The molecule has 176 valence electrons. The van der Waals surface area contributed by atoms with Gasteiger partial charge in [0.05, 0.1) is 5.41 Å². The molecular formula is C26H40N4O2. The Morgan fingerprint density at radius 3 is 2.47 bits per heavy atom. The zero-order chi connectivity index (χ0) is 22.9. The van der Waals surface area contributed by atoms with Gasteiger partial charge in [0.25, 0.3) is 0 Å². The topological polar surface area (TPSA) is 78.7 Å². The minimum absolute atomic E-state index is 0.0779. The number of amides is 2. The van der Waals surface area contributed by atoms with Crippen molar-refractivity contribution in [3.8, 4) is 0 Å². The minimum atomic E-state index is -0.455. The van der Waals surface area contributed by atoms with Crippen LogP contribution in [0.3, 0.4) is 0 Å². The summed E-state index contributed by atoms with van der Waals surface area (Å²) in [5.74, 6) is 1.82. The molecule has 2 aliphatic heterocycles. The first-order valence-corrected chi connectivity index (χ1v) is 12.5. The number of nitrogens with zero attached hydrogens (tertiary/aromatic N) is 2. The molecule has 2 fully saturated rings. The van der Waals surface area contributed by atoms with Crippen molar-refractivity contribution in [1.29, 1.82) is 0 Å². The van der Waals surface area contributed by atoms with Gasteiger partial charge in [-0.15, -0.1) is 0 Å². The highest BCUT2D eigenvalue weighted by atomic mass is 16.2. The first kappa shape index (κ1) is 23.2. The minimum Gasteiger partial charge on any atom is -0.336 e. The van der Waals surface area contributed by atoms with E-state index < -0.39 is 5.41 Å². The molecule has 4 rings (SSSR count).